The molecule has 0 radical (unpaired) electrons. The third kappa shape index (κ3) is 3.11. The Balaban J connectivity index is 0.000000396. The Kier molecular flexibility index (Phi) is 4.43. The molecule has 13 heavy (non-hydrogen) atoms. The third-order valence-electron chi connectivity index (χ3n) is 2.23. The van der Waals surface area contributed by atoms with Gasteiger partial charge in [0.25, 0.3) is 0 Å². The van der Waals surface area contributed by atoms with Gasteiger partial charge < -0.3 is 0 Å². The van der Waals surface area contributed by atoms with E-state index in [1.807, 2.05) is 30.7 Å². The van der Waals surface area contributed by atoms with Gasteiger partial charge in [-0.1, -0.05) is 20.8 Å². The summed E-state index contributed by atoms with van der Waals surface area (Å²) in [5, 5.41) is 0. The van der Waals surface area contributed by atoms with E-state index in [2.05, 4.69) is 11.9 Å². The lowest BCUT2D eigenvalue weighted by atomic mass is 10.2. The van der Waals surface area contributed by atoms with Crippen LogP contribution < -0.4 is 0 Å². The number of aryl methyl sites for hydroxylation is 1. The fourth-order valence-electron chi connectivity index (χ4n) is 1.34. The summed E-state index contributed by atoms with van der Waals surface area (Å²) in [7, 11) is 0. The van der Waals surface area contributed by atoms with Crippen LogP contribution in [0.2, 0.25) is 0 Å². The van der Waals surface area contributed by atoms with Crippen molar-refractivity contribution < 1.29 is 0 Å². The minimum absolute atomic E-state index is 0.974. The topological polar surface area (TPSA) is 12.9 Å². The number of nitrogens with zero attached hydrogens (tertiary/aromatic N) is 1. The zero-order valence-corrected chi connectivity index (χ0v) is 9.66. The zero-order valence-electron chi connectivity index (χ0n) is 8.84. The summed E-state index contributed by atoms with van der Waals surface area (Å²) in [5.41, 5.74) is 3.36. The monoisotopic (exact) mass is 197 g/mol. The first kappa shape index (κ1) is 10.7. The Hall–Kier alpha value is -0.370. The molecule has 1 fully saturated rings. The molecule has 74 valence electrons. The Morgan fingerprint density at radius 1 is 1.46 bits per heavy atom. The van der Waals surface area contributed by atoms with Crippen molar-refractivity contribution in [3.8, 4) is 0 Å². The van der Waals surface area contributed by atoms with Crippen molar-refractivity contribution in [2.24, 2.45) is 5.92 Å². The molecule has 0 unspecified atom stereocenters. The molecule has 2 heteroatoms. The zero-order chi connectivity index (χ0) is 9.68. The highest BCUT2D eigenvalue weighted by atomic mass is 32.1. The number of hydrogen-bond donors (Lipinski definition) is 0. The summed E-state index contributed by atoms with van der Waals surface area (Å²) in [5.74, 6) is 0.974. The molecule has 0 aromatic carbocycles. The second kappa shape index (κ2) is 5.38. The molecular weight excluding hydrogens is 178 g/mol. The van der Waals surface area contributed by atoms with E-state index < -0.39 is 0 Å². The molecule has 1 aromatic heterocycles. The van der Waals surface area contributed by atoms with Crippen molar-refractivity contribution in [3.63, 3.8) is 0 Å². The molecule has 1 aliphatic carbocycles. The maximum atomic E-state index is 4.39. The second-order valence-electron chi connectivity index (χ2n) is 3.22. The van der Waals surface area contributed by atoms with Crippen LogP contribution in [-0.2, 0) is 12.8 Å². The van der Waals surface area contributed by atoms with Crippen molar-refractivity contribution >= 4 is 11.3 Å². The summed E-state index contributed by atoms with van der Waals surface area (Å²) in [6.07, 6.45) is 5.26. The Morgan fingerprint density at radius 3 is 2.69 bits per heavy atom. The van der Waals surface area contributed by atoms with Crippen LogP contribution in [0.3, 0.4) is 0 Å². The van der Waals surface area contributed by atoms with E-state index in [9.17, 15) is 0 Å². The number of thiazole rings is 1. The average Bonchev–Trinajstić information content (AvgIpc) is 2.87. The van der Waals surface area contributed by atoms with Gasteiger partial charge in [0.2, 0.25) is 0 Å². The van der Waals surface area contributed by atoms with Crippen molar-refractivity contribution in [2.75, 3.05) is 0 Å². The standard InChI is InChI=1S/C9H13NS.C2H6/c1-2-9-8(10-6-11-9)5-7-3-4-7;1-2/h6-7H,2-5H2,1H3;1-2H3. The summed E-state index contributed by atoms with van der Waals surface area (Å²) in [6.45, 7) is 6.21. The molecule has 2 rings (SSSR count). The molecule has 0 atom stereocenters. The second-order valence-corrected chi connectivity index (χ2v) is 4.16. The first-order valence-electron chi connectivity index (χ1n) is 5.31. The van der Waals surface area contributed by atoms with E-state index >= 15 is 0 Å². The molecule has 1 aliphatic rings. The first-order chi connectivity index (χ1) is 6.40. The van der Waals surface area contributed by atoms with Crippen LogP contribution in [-0.4, -0.2) is 4.98 Å². The molecule has 1 heterocycles. The molecule has 1 aromatic rings. The minimum atomic E-state index is 0.974. The summed E-state index contributed by atoms with van der Waals surface area (Å²) in [4.78, 5) is 5.88. The van der Waals surface area contributed by atoms with Crippen LogP contribution in [0.5, 0.6) is 0 Å². The van der Waals surface area contributed by atoms with Gasteiger partial charge in [-0.05, 0) is 31.6 Å². The van der Waals surface area contributed by atoms with E-state index in [1.165, 1.54) is 29.8 Å². The van der Waals surface area contributed by atoms with Crippen LogP contribution in [0.4, 0.5) is 0 Å². The van der Waals surface area contributed by atoms with E-state index in [4.69, 9.17) is 0 Å². The van der Waals surface area contributed by atoms with Gasteiger partial charge in [0.15, 0.2) is 0 Å². The summed E-state index contributed by atoms with van der Waals surface area (Å²) < 4.78 is 0. The van der Waals surface area contributed by atoms with Gasteiger partial charge in [0, 0.05) is 4.88 Å². The predicted molar refractivity (Wildman–Crippen MR) is 59.3 cm³/mol. The number of aromatic nitrogens is 1. The lowest BCUT2D eigenvalue weighted by Crippen LogP contribution is -1.90. The molecule has 0 bridgehead atoms. The smallest absolute Gasteiger partial charge is 0.0797 e. The highest BCUT2D eigenvalue weighted by Crippen LogP contribution is 2.33. The molecule has 1 nitrogen and oxygen atoms in total. The quantitative estimate of drug-likeness (QED) is 0.720. The van der Waals surface area contributed by atoms with Crippen LogP contribution in [0.15, 0.2) is 5.51 Å². The fourth-order valence-corrected chi connectivity index (χ4v) is 2.09. The molecule has 0 saturated heterocycles. The Labute approximate surface area is 85.2 Å². The maximum absolute atomic E-state index is 4.39. The Bertz CT molecular complexity index is 238. The largest absolute Gasteiger partial charge is 0.249 e. The van der Waals surface area contributed by atoms with Crippen molar-refractivity contribution in [1.82, 2.24) is 4.98 Å². The van der Waals surface area contributed by atoms with E-state index in [0.717, 1.165) is 12.3 Å². The number of rotatable bonds is 3. The lowest BCUT2D eigenvalue weighted by Gasteiger charge is -1.95. The van der Waals surface area contributed by atoms with E-state index in [-0.39, 0.29) is 0 Å². The van der Waals surface area contributed by atoms with Gasteiger partial charge >= 0.3 is 0 Å². The summed E-state index contributed by atoms with van der Waals surface area (Å²) in [6, 6.07) is 0. The van der Waals surface area contributed by atoms with Crippen molar-refractivity contribution in [2.45, 2.75) is 46.5 Å². The minimum Gasteiger partial charge on any atom is -0.249 e. The molecular formula is C11H19NS. The van der Waals surface area contributed by atoms with E-state index in [1.54, 1.807) is 0 Å². The van der Waals surface area contributed by atoms with Crippen LogP contribution in [0, 0.1) is 5.92 Å². The fraction of sp³-hybridized carbons (Fsp3) is 0.727. The van der Waals surface area contributed by atoms with Gasteiger partial charge in [-0.2, -0.15) is 0 Å². The van der Waals surface area contributed by atoms with Crippen LogP contribution in [0.25, 0.3) is 0 Å². The number of hydrogen-bond acceptors (Lipinski definition) is 2. The molecule has 0 aliphatic heterocycles. The first-order valence-corrected chi connectivity index (χ1v) is 6.19. The van der Waals surface area contributed by atoms with Gasteiger partial charge in [-0.3, -0.25) is 0 Å². The van der Waals surface area contributed by atoms with Gasteiger partial charge in [-0.25, -0.2) is 4.98 Å². The maximum Gasteiger partial charge on any atom is 0.0797 e. The average molecular weight is 197 g/mol. The third-order valence-corrected chi connectivity index (χ3v) is 3.25. The van der Waals surface area contributed by atoms with Crippen LogP contribution in [0.1, 0.15) is 44.2 Å². The van der Waals surface area contributed by atoms with Gasteiger partial charge in [0.05, 0.1) is 11.2 Å². The highest BCUT2D eigenvalue weighted by Gasteiger charge is 2.23. The van der Waals surface area contributed by atoms with Gasteiger partial charge in [-0.15, -0.1) is 11.3 Å². The summed E-state index contributed by atoms with van der Waals surface area (Å²) >= 11 is 1.81. The highest BCUT2D eigenvalue weighted by molar-refractivity contribution is 7.09. The molecule has 0 N–H and O–H groups in total. The normalized spacial score (nSPS) is 15.0. The van der Waals surface area contributed by atoms with Crippen LogP contribution >= 0.6 is 11.3 Å². The van der Waals surface area contributed by atoms with Gasteiger partial charge in [0.1, 0.15) is 0 Å². The molecule has 1 saturated carbocycles. The lowest BCUT2D eigenvalue weighted by molar-refractivity contribution is 0.800. The van der Waals surface area contributed by atoms with E-state index in [0.29, 0.717) is 0 Å². The van der Waals surface area contributed by atoms with Crippen molar-refractivity contribution in [3.05, 3.63) is 16.1 Å². The molecule has 0 spiro atoms. The SMILES string of the molecule is CC.CCc1scnc1CC1CC1. The Morgan fingerprint density at radius 2 is 2.15 bits per heavy atom. The molecule has 0 amide bonds. The van der Waals surface area contributed by atoms with Crippen molar-refractivity contribution in [1.29, 1.82) is 0 Å². The predicted octanol–water partition coefficient (Wildman–Crippen LogP) is 3.68.